The van der Waals surface area contributed by atoms with Crippen molar-refractivity contribution in [3.63, 3.8) is 0 Å². The molecule has 0 radical (unpaired) electrons. The Morgan fingerprint density at radius 1 is 1.15 bits per heavy atom. The second kappa shape index (κ2) is 9.26. The average molecular weight is 362 g/mol. The lowest BCUT2D eigenvalue weighted by Gasteiger charge is -2.32. The lowest BCUT2D eigenvalue weighted by atomic mass is 10.0. The Morgan fingerprint density at radius 2 is 1.88 bits per heavy atom. The number of rotatable bonds is 7. The van der Waals surface area contributed by atoms with Crippen LogP contribution in [0.4, 0.5) is 0 Å². The summed E-state index contributed by atoms with van der Waals surface area (Å²) in [6, 6.07) is 6.05. The minimum absolute atomic E-state index is 0.356. The first kappa shape index (κ1) is 19.0. The van der Waals surface area contributed by atoms with Crippen LogP contribution in [0.25, 0.3) is 0 Å². The summed E-state index contributed by atoms with van der Waals surface area (Å²) in [5, 5.41) is 0. The average Bonchev–Trinajstić information content (AvgIpc) is 3.20. The minimum atomic E-state index is 0.356. The molecule has 1 saturated carbocycles. The SMILES string of the molecule is COc1cccc(C[NH+]2CCN(C(=O)CCC3CCCC3)CC2)c1OC. The van der Waals surface area contributed by atoms with Gasteiger partial charge in [-0.1, -0.05) is 31.7 Å². The van der Waals surface area contributed by atoms with Crippen molar-refractivity contribution >= 4 is 5.91 Å². The van der Waals surface area contributed by atoms with E-state index in [1.807, 2.05) is 12.1 Å². The molecule has 3 rings (SSSR count). The molecule has 1 heterocycles. The van der Waals surface area contributed by atoms with Crippen molar-refractivity contribution in [2.75, 3.05) is 40.4 Å². The fourth-order valence-electron chi connectivity index (χ4n) is 4.40. The van der Waals surface area contributed by atoms with Crippen molar-refractivity contribution in [2.45, 2.75) is 45.1 Å². The van der Waals surface area contributed by atoms with E-state index in [2.05, 4.69) is 11.0 Å². The monoisotopic (exact) mass is 361 g/mol. The lowest BCUT2D eigenvalue weighted by molar-refractivity contribution is -0.917. The summed E-state index contributed by atoms with van der Waals surface area (Å²) < 4.78 is 10.9. The third kappa shape index (κ3) is 4.70. The molecule has 1 amide bonds. The quantitative estimate of drug-likeness (QED) is 0.807. The van der Waals surface area contributed by atoms with Gasteiger partial charge in [0.1, 0.15) is 6.54 Å². The molecule has 0 unspecified atom stereocenters. The van der Waals surface area contributed by atoms with Crippen LogP contribution in [-0.4, -0.2) is 51.2 Å². The molecular weight excluding hydrogens is 328 g/mol. The normalized spacial score (nSPS) is 18.9. The number of quaternary nitrogens is 1. The zero-order valence-electron chi connectivity index (χ0n) is 16.3. The maximum atomic E-state index is 12.5. The topological polar surface area (TPSA) is 43.2 Å². The van der Waals surface area contributed by atoms with E-state index in [0.717, 1.165) is 63.0 Å². The standard InChI is InChI=1S/C21H32N2O3/c1-25-19-9-5-8-18(21(19)26-2)16-22-12-14-23(15-13-22)20(24)11-10-17-6-3-4-7-17/h5,8-9,17H,3-4,6-7,10-16H2,1-2H3/p+1. The number of methoxy groups -OCH3 is 2. The summed E-state index contributed by atoms with van der Waals surface area (Å²) in [6.07, 6.45) is 7.20. The zero-order valence-corrected chi connectivity index (χ0v) is 16.3. The van der Waals surface area contributed by atoms with E-state index in [9.17, 15) is 4.79 Å². The molecule has 0 aromatic heterocycles. The number of hydrogen-bond donors (Lipinski definition) is 1. The number of nitrogens with zero attached hydrogens (tertiary/aromatic N) is 1. The summed E-state index contributed by atoms with van der Waals surface area (Å²) in [5.74, 6) is 2.77. The lowest BCUT2D eigenvalue weighted by Crippen LogP contribution is -3.13. The van der Waals surface area contributed by atoms with E-state index < -0.39 is 0 Å². The Bertz CT molecular complexity index is 591. The smallest absolute Gasteiger partial charge is 0.222 e. The van der Waals surface area contributed by atoms with Crippen molar-refractivity contribution in [3.8, 4) is 11.5 Å². The summed E-state index contributed by atoms with van der Waals surface area (Å²) in [6.45, 7) is 4.63. The van der Waals surface area contributed by atoms with Gasteiger partial charge in [0.25, 0.3) is 0 Å². The molecular formula is C21H33N2O3+. The molecule has 1 N–H and O–H groups in total. The number of hydrogen-bond acceptors (Lipinski definition) is 3. The van der Waals surface area contributed by atoms with Gasteiger partial charge < -0.3 is 19.3 Å². The number of nitrogens with one attached hydrogen (secondary N) is 1. The van der Waals surface area contributed by atoms with Crippen LogP contribution < -0.4 is 14.4 Å². The highest BCUT2D eigenvalue weighted by Gasteiger charge is 2.26. The fourth-order valence-corrected chi connectivity index (χ4v) is 4.40. The summed E-state index contributed by atoms with van der Waals surface area (Å²) in [5.41, 5.74) is 1.17. The third-order valence-corrected chi connectivity index (χ3v) is 5.99. The molecule has 0 atom stereocenters. The predicted molar refractivity (Wildman–Crippen MR) is 102 cm³/mol. The number of carbonyl (C=O) groups is 1. The molecule has 144 valence electrons. The van der Waals surface area contributed by atoms with E-state index in [1.54, 1.807) is 14.2 Å². The Morgan fingerprint density at radius 3 is 2.54 bits per heavy atom. The number of piperazine rings is 1. The van der Waals surface area contributed by atoms with Gasteiger partial charge in [-0.2, -0.15) is 0 Å². The first-order valence-corrected chi connectivity index (χ1v) is 10.0. The highest BCUT2D eigenvalue weighted by Crippen LogP contribution is 2.30. The summed E-state index contributed by atoms with van der Waals surface area (Å²) in [7, 11) is 3.36. The van der Waals surface area contributed by atoms with Crippen LogP contribution in [0.5, 0.6) is 11.5 Å². The highest BCUT2D eigenvalue weighted by molar-refractivity contribution is 5.76. The van der Waals surface area contributed by atoms with Crippen LogP contribution in [0, 0.1) is 5.92 Å². The second-order valence-corrected chi connectivity index (χ2v) is 7.65. The van der Waals surface area contributed by atoms with E-state index >= 15 is 0 Å². The van der Waals surface area contributed by atoms with Gasteiger partial charge in [0, 0.05) is 6.42 Å². The van der Waals surface area contributed by atoms with Crippen molar-refractivity contribution in [1.82, 2.24) is 4.90 Å². The Kier molecular flexibility index (Phi) is 6.78. The van der Waals surface area contributed by atoms with Crippen LogP contribution in [0.2, 0.25) is 0 Å². The Labute approximate surface area is 157 Å². The largest absolute Gasteiger partial charge is 0.493 e. The van der Waals surface area contributed by atoms with Gasteiger partial charge >= 0.3 is 0 Å². The molecule has 1 aromatic carbocycles. The number of amides is 1. The molecule has 5 heteroatoms. The zero-order chi connectivity index (χ0) is 18.4. The molecule has 1 aromatic rings. The van der Waals surface area contributed by atoms with Gasteiger partial charge in [-0.15, -0.1) is 0 Å². The van der Waals surface area contributed by atoms with Gasteiger partial charge in [-0.25, -0.2) is 0 Å². The van der Waals surface area contributed by atoms with E-state index in [1.165, 1.54) is 36.1 Å². The number of carbonyl (C=O) groups excluding carboxylic acids is 1. The van der Waals surface area contributed by atoms with E-state index in [4.69, 9.17) is 9.47 Å². The van der Waals surface area contributed by atoms with Gasteiger partial charge in [0.2, 0.25) is 5.91 Å². The Hall–Kier alpha value is -1.75. The van der Waals surface area contributed by atoms with Crippen molar-refractivity contribution in [2.24, 2.45) is 5.92 Å². The fraction of sp³-hybridized carbons (Fsp3) is 0.667. The van der Waals surface area contributed by atoms with Gasteiger partial charge in [0.05, 0.1) is 46.0 Å². The number of para-hydroxylation sites is 1. The van der Waals surface area contributed by atoms with Crippen LogP contribution in [-0.2, 0) is 11.3 Å². The molecule has 1 aliphatic carbocycles. The van der Waals surface area contributed by atoms with E-state index in [-0.39, 0.29) is 0 Å². The molecule has 2 aliphatic rings. The summed E-state index contributed by atoms with van der Waals surface area (Å²) >= 11 is 0. The number of ether oxygens (including phenoxy) is 2. The van der Waals surface area contributed by atoms with Crippen LogP contribution >= 0.6 is 0 Å². The van der Waals surface area contributed by atoms with Gasteiger partial charge in [0.15, 0.2) is 11.5 Å². The minimum Gasteiger partial charge on any atom is -0.493 e. The number of benzene rings is 1. The van der Waals surface area contributed by atoms with Gasteiger partial charge in [-0.3, -0.25) is 4.79 Å². The van der Waals surface area contributed by atoms with Gasteiger partial charge in [-0.05, 0) is 24.5 Å². The molecule has 1 saturated heterocycles. The van der Waals surface area contributed by atoms with Crippen molar-refractivity contribution in [3.05, 3.63) is 23.8 Å². The predicted octanol–water partition coefficient (Wildman–Crippen LogP) is 1.90. The highest BCUT2D eigenvalue weighted by atomic mass is 16.5. The molecule has 26 heavy (non-hydrogen) atoms. The second-order valence-electron chi connectivity index (χ2n) is 7.65. The maximum absolute atomic E-state index is 12.5. The maximum Gasteiger partial charge on any atom is 0.222 e. The summed E-state index contributed by atoms with van der Waals surface area (Å²) in [4.78, 5) is 16.1. The van der Waals surface area contributed by atoms with Crippen molar-refractivity contribution in [1.29, 1.82) is 0 Å². The Balaban J connectivity index is 1.47. The third-order valence-electron chi connectivity index (χ3n) is 5.99. The molecule has 2 fully saturated rings. The first-order valence-electron chi connectivity index (χ1n) is 10.0. The van der Waals surface area contributed by atoms with Crippen molar-refractivity contribution < 1.29 is 19.2 Å². The van der Waals surface area contributed by atoms with Crippen LogP contribution in [0.15, 0.2) is 18.2 Å². The molecule has 0 spiro atoms. The van der Waals surface area contributed by atoms with Crippen LogP contribution in [0.1, 0.15) is 44.1 Å². The van der Waals surface area contributed by atoms with E-state index in [0.29, 0.717) is 5.91 Å². The van der Waals surface area contributed by atoms with Crippen LogP contribution in [0.3, 0.4) is 0 Å². The molecule has 0 bridgehead atoms. The molecule has 1 aliphatic heterocycles. The first-order chi connectivity index (χ1) is 12.7. The molecule has 5 nitrogen and oxygen atoms in total.